The van der Waals surface area contributed by atoms with Gasteiger partial charge in [-0.3, -0.25) is 4.79 Å². The van der Waals surface area contributed by atoms with E-state index < -0.39 is 11.9 Å². The minimum Gasteiger partial charge on any atom is -0.540 e. The van der Waals surface area contributed by atoms with Crippen molar-refractivity contribution >= 4 is 40.8 Å². The molecule has 0 fully saturated rings. The van der Waals surface area contributed by atoms with Crippen LogP contribution in [0.5, 0.6) is 0 Å². The highest BCUT2D eigenvalue weighted by Gasteiger charge is 2.15. The first-order valence-corrected chi connectivity index (χ1v) is 6.05. The van der Waals surface area contributed by atoms with Crippen LogP contribution in [0.15, 0.2) is 30.3 Å². The van der Waals surface area contributed by atoms with Crippen molar-refractivity contribution in [3.63, 3.8) is 0 Å². The van der Waals surface area contributed by atoms with Gasteiger partial charge < -0.3 is 15.2 Å². The Kier molecular flexibility index (Phi) is 4.16. The van der Waals surface area contributed by atoms with Gasteiger partial charge in [0.05, 0.1) is 0 Å². The van der Waals surface area contributed by atoms with E-state index in [1.54, 1.807) is 24.3 Å². The summed E-state index contributed by atoms with van der Waals surface area (Å²) in [6.45, 7) is 0. The number of hydrogen-bond acceptors (Lipinski definition) is 5. The lowest BCUT2D eigenvalue weighted by Gasteiger charge is -2.10. The second-order valence-electron chi connectivity index (χ2n) is 3.61. The minimum atomic E-state index is -1.91. The smallest absolute Gasteiger partial charge is 0.271 e. The lowest BCUT2D eigenvalue weighted by atomic mass is 10.2. The van der Waals surface area contributed by atoms with Gasteiger partial charge in [-0.25, -0.2) is 9.97 Å². The fourth-order valence-corrected chi connectivity index (χ4v) is 1.87. The van der Waals surface area contributed by atoms with Crippen LogP contribution in [0.4, 0.5) is 5.69 Å². The molecule has 0 bridgehead atoms. The van der Waals surface area contributed by atoms with Crippen LogP contribution < -0.4 is 10.4 Å². The highest BCUT2D eigenvalue weighted by molar-refractivity contribution is 6.42. The monoisotopic (exact) mass is 310 g/mol. The van der Waals surface area contributed by atoms with E-state index in [1.807, 2.05) is 11.4 Å². The number of carboxylic acid groups (broad SMARTS) is 1. The van der Waals surface area contributed by atoms with Crippen molar-refractivity contribution in [2.75, 3.05) is 5.32 Å². The van der Waals surface area contributed by atoms with E-state index in [1.165, 1.54) is 0 Å². The molecular weight excluding hydrogens is 305 g/mol. The van der Waals surface area contributed by atoms with E-state index in [9.17, 15) is 14.7 Å². The number of carbonyl (C=O) groups excluding carboxylic acids is 2. The molecule has 1 aromatic heterocycles. The number of nitrogens with zero attached hydrogens (tertiary/aromatic N) is 2. The number of anilines is 1. The fraction of sp³-hybridized carbons (Fsp3) is 0. The Bertz CT molecular complexity index is 654. The number of aromatic nitrogens is 2. The van der Waals surface area contributed by atoms with Crippen molar-refractivity contribution in [3.05, 3.63) is 40.6 Å². The molecule has 20 heavy (non-hydrogen) atoms. The maximum Gasteiger partial charge on any atom is 0.271 e. The molecule has 6 nitrogen and oxygen atoms in total. The van der Waals surface area contributed by atoms with Crippen LogP contribution in [-0.2, 0) is 9.59 Å². The molecule has 102 valence electrons. The quantitative estimate of drug-likeness (QED) is 0.663. The standard InChI is InChI=1S/C12H7Cl2N3O3/c13-8-7(15-11(18)12(19)20)9(14)17-10(16-8)6-4-2-1-3-5-6/h1-5H,(H,15,18)(H,19,20)/p-1. The zero-order valence-electron chi connectivity index (χ0n) is 9.76. The predicted octanol–water partition coefficient (Wildman–Crippen LogP) is 1.14. The average molecular weight is 311 g/mol. The van der Waals surface area contributed by atoms with Crippen LogP contribution in [0.1, 0.15) is 0 Å². The third-order valence-corrected chi connectivity index (χ3v) is 2.82. The van der Waals surface area contributed by atoms with E-state index in [2.05, 4.69) is 9.97 Å². The number of aliphatic carboxylic acids is 1. The second-order valence-corrected chi connectivity index (χ2v) is 4.33. The molecule has 0 aliphatic heterocycles. The summed E-state index contributed by atoms with van der Waals surface area (Å²) in [5, 5.41) is 12.0. The Hall–Kier alpha value is -2.18. The lowest BCUT2D eigenvalue weighted by Crippen LogP contribution is -2.36. The Labute approximate surface area is 123 Å². The number of nitrogens with one attached hydrogen (secondary N) is 1. The van der Waals surface area contributed by atoms with Crippen LogP contribution in [0.2, 0.25) is 10.3 Å². The molecule has 1 amide bonds. The average Bonchev–Trinajstić information content (AvgIpc) is 2.43. The SMILES string of the molecule is O=C([O-])C(=O)Nc1c(Cl)nc(-c2ccccc2)nc1Cl. The van der Waals surface area contributed by atoms with Crippen molar-refractivity contribution in [3.8, 4) is 11.4 Å². The Morgan fingerprint density at radius 1 is 1.05 bits per heavy atom. The van der Waals surface area contributed by atoms with Crippen molar-refractivity contribution in [2.45, 2.75) is 0 Å². The predicted molar refractivity (Wildman–Crippen MR) is 71.1 cm³/mol. The molecule has 8 heteroatoms. The third kappa shape index (κ3) is 3.04. The third-order valence-electron chi connectivity index (χ3n) is 2.28. The van der Waals surface area contributed by atoms with Gasteiger partial charge in [0.15, 0.2) is 16.1 Å². The molecule has 1 aromatic carbocycles. The molecule has 0 saturated heterocycles. The van der Waals surface area contributed by atoms with E-state index >= 15 is 0 Å². The molecule has 0 aliphatic carbocycles. The fourth-order valence-electron chi connectivity index (χ4n) is 1.39. The van der Waals surface area contributed by atoms with Gasteiger partial charge in [-0.1, -0.05) is 53.5 Å². The molecule has 0 atom stereocenters. The van der Waals surface area contributed by atoms with Crippen LogP contribution >= 0.6 is 23.2 Å². The van der Waals surface area contributed by atoms with Gasteiger partial charge in [0.1, 0.15) is 11.7 Å². The van der Waals surface area contributed by atoms with E-state index in [4.69, 9.17) is 23.2 Å². The van der Waals surface area contributed by atoms with Crippen molar-refractivity contribution in [2.24, 2.45) is 0 Å². The van der Waals surface area contributed by atoms with E-state index in [-0.39, 0.29) is 21.8 Å². The molecule has 0 unspecified atom stereocenters. The second kappa shape index (κ2) is 5.85. The number of amides is 1. The molecule has 2 rings (SSSR count). The summed E-state index contributed by atoms with van der Waals surface area (Å²) >= 11 is 11.7. The van der Waals surface area contributed by atoms with Gasteiger partial charge in [0, 0.05) is 5.56 Å². The van der Waals surface area contributed by atoms with Gasteiger partial charge >= 0.3 is 0 Å². The maximum atomic E-state index is 11.0. The van der Waals surface area contributed by atoms with E-state index in [0.717, 1.165) is 0 Å². The highest BCUT2D eigenvalue weighted by atomic mass is 35.5. The lowest BCUT2D eigenvalue weighted by molar-refractivity contribution is -0.299. The van der Waals surface area contributed by atoms with Gasteiger partial charge in [-0.05, 0) is 0 Å². The number of halogens is 2. The highest BCUT2D eigenvalue weighted by Crippen LogP contribution is 2.29. The van der Waals surface area contributed by atoms with E-state index in [0.29, 0.717) is 5.56 Å². The molecule has 0 saturated carbocycles. The number of benzene rings is 1. The zero-order chi connectivity index (χ0) is 14.7. The van der Waals surface area contributed by atoms with Gasteiger partial charge in [0.2, 0.25) is 0 Å². The van der Waals surface area contributed by atoms with Gasteiger partial charge in [0.25, 0.3) is 5.91 Å². The van der Waals surface area contributed by atoms with Crippen molar-refractivity contribution < 1.29 is 14.7 Å². The van der Waals surface area contributed by atoms with Gasteiger partial charge in [-0.2, -0.15) is 0 Å². The normalized spacial score (nSPS) is 10.1. The Morgan fingerprint density at radius 3 is 2.10 bits per heavy atom. The summed E-state index contributed by atoms with van der Waals surface area (Å²) in [6, 6.07) is 8.89. The molecule has 0 aliphatic rings. The summed E-state index contributed by atoms with van der Waals surface area (Å²) in [5.41, 5.74) is 0.497. The Balaban J connectivity index is 2.39. The maximum absolute atomic E-state index is 11.0. The summed E-state index contributed by atoms with van der Waals surface area (Å²) in [7, 11) is 0. The summed E-state index contributed by atoms with van der Waals surface area (Å²) in [6.07, 6.45) is 0. The van der Waals surface area contributed by atoms with Crippen LogP contribution in [0, 0.1) is 0 Å². The van der Waals surface area contributed by atoms with Crippen LogP contribution in [0.25, 0.3) is 11.4 Å². The molecule has 1 N–H and O–H groups in total. The molecule has 0 spiro atoms. The molecule has 2 aromatic rings. The summed E-state index contributed by atoms with van der Waals surface area (Å²) in [5.74, 6) is -3.04. The topological polar surface area (TPSA) is 95.0 Å². The first-order chi connectivity index (χ1) is 9.49. The van der Waals surface area contributed by atoms with Crippen LogP contribution in [-0.4, -0.2) is 21.8 Å². The first kappa shape index (κ1) is 14.2. The zero-order valence-corrected chi connectivity index (χ0v) is 11.3. The number of hydrogen-bond donors (Lipinski definition) is 1. The number of carbonyl (C=O) groups is 2. The molecule has 1 heterocycles. The summed E-state index contributed by atoms with van der Waals surface area (Å²) in [4.78, 5) is 29.3. The molecule has 0 radical (unpaired) electrons. The van der Waals surface area contributed by atoms with Crippen molar-refractivity contribution in [1.29, 1.82) is 0 Å². The van der Waals surface area contributed by atoms with Crippen LogP contribution in [0.3, 0.4) is 0 Å². The minimum absolute atomic E-state index is 0.168. The number of rotatable bonds is 2. The largest absolute Gasteiger partial charge is 0.540 e. The number of carboxylic acids is 1. The molecular formula is C12H6Cl2N3O3-. The first-order valence-electron chi connectivity index (χ1n) is 5.30. The van der Waals surface area contributed by atoms with Gasteiger partial charge in [-0.15, -0.1) is 0 Å². The van der Waals surface area contributed by atoms with Crippen molar-refractivity contribution in [1.82, 2.24) is 9.97 Å². The summed E-state index contributed by atoms with van der Waals surface area (Å²) < 4.78 is 0. The Morgan fingerprint density at radius 2 is 1.60 bits per heavy atom.